The zero-order valence-corrected chi connectivity index (χ0v) is 22.7. The van der Waals surface area contributed by atoms with Crippen molar-refractivity contribution in [2.24, 2.45) is 0 Å². The van der Waals surface area contributed by atoms with E-state index in [1.165, 1.54) is 42.5 Å². The molecule has 0 fully saturated rings. The molecule has 38 heavy (non-hydrogen) atoms. The molecule has 3 aromatic carbocycles. The molecule has 198 valence electrons. The summed E-state index contributed by atoms with van der Waals surface area (Å²) in [6.07, 6.45) is 0.0641. The van der Waals surface area contributed by atoms with E-state index in [0.717, 1.165) is 6.07 Å². The zero-order valence-electron chi connectivity index (χ0n) is 19.6. The fourth-order valence-corrected chi connectivity index (χ4v) is 4.97. The first-order chi connectivity index (χ1) is 17.9. The summed E-state index contributed by atoms with van der Waals surface area (Å²) in [5.74, 6) is -2.51. The topological polar surface area (TPSA) is 125 Å². The van der Waals surface area contributed by atoms with Crippen molar-refractivity contribution in [1.29, 1.82) is 5.26 Å². The normalized spacial score (nSPS) is 10.9. The Balaban J connectivity index is 1.76. The van der Waals surface area contributed by atoms with Crippen LogP contribution in [0, 0.1) is 17.1 Å². The third-order valence-corrected chi connectivity index (χ3v) is 7.15. The number of hydrogen-bond donors (Lipinski definition) is 2. The lowest BCUT2D eigenvalue weighted by Gasteiger charge is -2.13. The number of nitrogens with zero attached hydrogens (tertiary/aromatic N) is 1. The third-order valence-electron chi connectivity index (χ3n) is 4.95. The van der Waals surface area contributed by atoms with Gasteiger partial charge in [0.25, 0.3) is 10.0 Å². The molecule has 2 N–H and O–H groups in total. The maximum Gasteiger partial charge on any atom is 0.264 e. The molecule has 13 heteroatoms. The Hall–Kier alpha value is -3.36. The fourth-order valence-electron chi connectivity index (χ4n) is 3.23. The van der Waals surface area contributed by atoms with Crippen molar-refractivity contribution in [3.63, 3.8) is 0 Å². The number of nitrogens with one attached hydrogen (secondary N) is 2. The van der Waals surface area contributed by atoms with Gasteiger partial charge in [0.05, 0.1) is 38.7 Å². The van der Waals surface area contributed by atoms with E-state index in [-0.39, 0.29) is 54.7 Å². The lowest BCUT2D eigenvalue weighted by Crippen LogP contribution is -2.30. The van der Waals surface area contributed by atoms with E-state index in [1.54, 1.807) is 6.92 Å². The van der Waals surface area contributed by atoms with Gasteiger partial charge in [-0.2, -0.15) is 5.26 Å². The Kier molecular flexibility index (Phi) is 9.57. The molecule has 0 radical (unpaired) electrons. The maximum absolute atomic E-state index is 15.2. The van der Waals surface area contributed by atoms with Crippen molar-refractivity contribution in [2.45, 2.75) is 31.1 Å². The Bertz CT molecular complexity index is 1560. The minimum absolute atomic E-state index is 0.0368. The molecule has 0 aliphatic carbocycles. The molecule has 0 aliphatic rings. The first-order valence-electron chi connectivity index (χ1n) is 10.9. The Morgan fingerprint density at radius 2 is 1.76 bits per heavy atom. The van der Waals surface area contributed by atoms with Crippen LogP contribution in [0.1, 0.15) is 30.9 Å². The maximum atomic E-state index is 15.2. The highest BCUT2D eigenvalue weighted by Gasteiger charge is 2.21. The fraction of sp³-hybridized carbons (Fsp3) is 0.160. The van der Waals surface area contributed by atoms with E-state index in [2.05, 4.69) is 5.32 Å². The second-order valence-corrected chi connectivity index (χ2v) is 10.8. The summed E-state index contributed by atoms with van der Waals surface area (Å²) >= 11 is 18.2. The minimum Gasteiger partial charge on any atom is -0.453 e. The van der Waals surface area contributed by atoms with Crippen LogP contribution in [-0.4, -0.2) is 20.2 Å². The Morgan fingerprint density at radius 3 is 2.42 bits per heavy atom. The van der Waals surface area contributed by atoms with Gasteiger partial charge in [-0.1, -0.05) is 47.8 Å². The molecule has 3 aromatic rings. The monoisotopic (exact) mass is 597 g/mol. The van der Waals surface area contributed by atoms with Crippen LogP contribution in [0.15, 0.2) is 53.4 Å². The van der Waals surface area contributed by atoms with Crippen LogP contribution in [-0.2, 0) is 26.0 Å². The molecule has 0 spiro atoms. The first kappa shape index (κ1) is 29.2. The van der Waals surface area contributed by atoms with Gasteiger partial charge in [0.2, 0.25) is 11.8 Å². The molecular weight excluding hydrogens is 580 g/mol. The van der Waals surface area contributed by atoms with Crippen molar-refractivity contribution in [1.82, 2.24) is 4.72 Å². The van der Waals surface area contributed by atoms with Gasteiger partial charge in [0.15, 0.2) is 11.6 Å². The number of halogens is 4. The van der Waals surface area contributed by atoms with E-state index in [1.807, 2.05) is 10.8 Å². The van der Waals surface area contributed by atoms with E-state index >= 15 is 4.39 Å². The summed E-state index contributed by atoms with van der Waals surface area (Å²) in [5, 5.41) is 11.6. The predicted molar refractivity (Wildman–Crippen MR) is 142 cm³/mol. The van der Waals surface area contributed by atoms with Crippen LogP contribution in [0.2, 0.25) is 15.1 Å². The highest BCUT2D eigenvalue weighted by molar-refractivity contribution is 7.90. The minimum atomic E-state index is -4.14. The van der Waals surface area contributed by atoms with Gasteiger partial charge >= 0.3 is 0 Å². The van der Waals surface area contributed by atoms with E-state index < -0.39 is 34.1 Å². The van der Waals surface area contributed by atoms with Crippen molar-refractivity contribution < 1.29 is 27.1 Å². The van der Waals surface area contributed by atoms with Gasteiger partial charge in [-0.15, -0.1) is 0 Å². The molecule has 0 heterocycles. The molecule has 0 unspecified atom stereocenters. The summed E-state index contributed by atoms with van der Waals surface area (Å²) < 4.78 is 47.4. The number of ether oxygens (including phenoxy) is 1. The van der Waals surface area contributed by atoms with Crippen molar-refractivity contribution in [3.8, 4) is 17.6 Å². The SMILES string of the molecule is CCCC(=O)NS(=O)(=O)c1ccc(NC(=O)Cc2ccc(Cl)c(Oc3cc(Cl)cc(C#N)c3)c2F)c(Cl)c1. The molecule has 3 rings (SSSR count). The second kappa shape index (κ2) is 12.5. The van der Waals surface area contributed by atoms with E-state index in [4.69, 9.17) is 44.8 Å². The lowest BCUT2D eigenvalue weighted by molar-refractivity contribution is -0.119. The Morgan fingerprint density at radius 1 is 1.03 bits per heavy atom. The van der Waals surface area contributed by atoms with Crippen LogP contribution in [0.3, 0.4) is 0 Å². The number of sulfonamides is 1. The number of hydrogen-bond acceptors (Lipinski definition) is 6. The molecule has 0 aliphatic heterocycles. The van der Waals surface area contributed by atoms with Gasteiger partial charge in [-0.05, 0) is 48.9 Å². The molecule has 0 atom stereocenters. The number of amides is 2. The average molecular weight is 599 g/mol. The van der Waals surface area contributed by atoms with Crippen LogP contribution in [0.25, 0.3) is 0 Å². The van der Waals surface area contributed by atoms with Gasteiger partial charge in [0, 0.05) is 17.0 Å². The molecule has 0 saturated carbocycles. The molecule has 0 bridgehead atoms. The highest BCUT2D eigenvalue weighted by atomic mass is 35.5. The smallest absolute Gasteiger partial charge is 0.264 e. The molecule has 8 nitrogen and oxygen atoms in total. The summed E-state index contributed by atoms with van der Waals surface area (Å²) in [4.78, 5) is 24.0. The summed E-state index contributed by atoms with van der Waals surface area (Å²) in [6.45, 7) is 1.73. The van der Waals surface area contributed by atoms with Crippen LogP contribution in [0.5, 0.6) is 11.5 Å². The average Bonchev–Trinajstić information content (AvgIpc) is 2.84. The summed E-state index contributed by atoms with van der Waals surface area (Å²) in [7, 11) is -4.14. The number of anilines is 1. The van der Waals surface area contributed by atoms with Crippen LogP contribution < -0.4 is 14.8 Å². The lowest BCUT2D eigenvalue weighted by atomic mass is 10.1. The molecule has 2 amide bonds. The molecular formula is C25H19Cl3FN3O5S. The van der Waals surface area contributed by atoms with Gasteiger partial charge in [-0.3, -0.25) is 9.59 Å². The van der Waals surface area contributed by atoms with Crippen molar-refractivity contribution in [2.75, 3.05) is 5.32 Å². The zero-order chi connectivity index (χ0) is 28.0. The number of nitriles is 1. The molecule has 0 saturated heterocycles. The highest BCUT2D eigenvalue weighted by Crippen LogP contribution is 2.35. The number of carbonyl (C=O) groups excluding carboxylic acids is 2. The summed E-state index contributed by atoms with van der Waals surface area (Å²) in [6, 6.07) is 12.2. The third kappa shape index (κ3) is 7.36. The van der Waals surface area contributed by atoms with E-state index in [0.29, 0.717) is 6.42 Å². The first-order valence-corrected chi connectivity index (χ1v) is 13.6. The van der Waals surface area contributed by atoms with Gasteiger partial charge in [0.1, 0.15) is 5.75 Å². The second-order valence-electron chi connectivity index (χ2n) is 7.88. The number of benzene rings is 3. The van der Waals surface area contributed by atoms with E-state index in [9.17, 15) is 18.0 Å². The van der Waals surface area contributed by atoms with Gasteiger partial charge in [-0.25, -0.2) is 17.5 Å². The standard InChI is InChI=1S/C25H19Cl3FN3O5S/c1-2-3-22(33)32-38(35,36)18-5-7-21(20(28)12-18)31-23(34)10-15-4-6-19(27)25(24(15)29)37-17-9-14(13-30)8-16(26)11-17/h4-9,11-12H,2-3,10H2,1H3,(H,31,34)(H,32,33). The number of carbonyl (C=O) groups is 2. The molecule has 0 aromatic heterocycles. The van der Waals surface area contributed by atoms with Crippen LogP contribution in [0.4, 0.5) is 10.1 Å². The van der Waals surface area contributed by atoms with Crippen LogP contribution >= 0.6 is 34.8 Å². The number of rotatable bonds is 9. The van der Waals surface area contributed by atoms with Crippen molar-refractivity contribution >= 4 is 62.3 Å². The Labute approximate surface area is 233 Å². The predicted octanol–water partition coefficient (Wildman–Crippen LogP) is 6.24. The van der Waals surface area contributed by atoms with Gasteiger partial charge < -0.3 is 10.1 Å². The summed E-state index contributed by atoms with van der Waals surface area (Å²) in [5.41, 5.74) is 0.210. The quantitative estimate of drug-likeness (QED) is 0.301. The largest absolute Gasteiger partial charge is 0.453 e. The van der Waals surface area contributed by atoms with Crippen molar-refractivity contribution in [3.05, 3.63) is 80.5 Å².